The van der Waals surface area contributed by atoms with Crippen LogP contribution in [0.3, 0.4) is 0 Å². The quantitative estimate of drug-likeness (QED) is 0.626. The molecule has 0 aliphatic carbocycles. The second-order valence-corrected chi connectivity index (χ2v) is 3.72. The summed E-state index contributed by atoms with van der Waals surface area (Å²) in [5.41, 5.74) is 1.11. The summed E-state index contributed by atoms with van der Waals surface area (Å²) in [7, 11) is 1.67. The molecule has 5 heteroatoms. The minimum absolute atomic E-state index is 0.214. The van der Waals surface area contributed by atoms with Crippen LogP contribution < -0.4 is 0 Å². The van der Waals surface area contributed by atoms with Crippen LogP contribution in [0.25, 0.3) is 11.0 Å². The molecule has 0 aliphatic rings. The summed E-state index contributed by atoms with van der Waals surface area (Å²) in [5.74, 6) is 0.0882. The number of fused-ring (bicyclic) bond motifs is 1. The Morgan fingerprint density at radius 2 is 2.18 bits per heavy atom. The van der Waals surface area contributed by atoms with Crippen LogP contribution in [-0.2, 0) is 7.05 Å². The SMILES string of the molecule is Cn1nncc1C(=O)c1cc2ccccc2o1. The molecule has 3 rings (SSSR count). The van der Waals surface area contributed by atoms with Gasteiger partial charge in [0, 0.05) is 12.4 Å². The van der Waals surface area contributed by atoms with E-state index in [0.717, 1.165) is 5.39 Å². The second kappa shape index (κ2) is 3.55. The average molecular weight is 227 g/mol. The molecule has 0 saturated carbocycles. The lowest BCUT2D eigenvalue weighted by Crippen LogP contribution is -2.07. The number of carbonyl (C=O) groups is 1. The maximum atomic E-state index is 12.1. The topological polar surface area (TPSA) is 60.9 Å². The lowest BCUT2D eigenvalue weighted by atomic mass is 10.2. The van der Waals surface area contributed by atoms with E-state index in [1.807, 2.05) is 24.3 Å². The van der Waals surface area contributed by atoms with Crippen LogP contribution in [0, 0.1) is 0 Å². The highest BCUT2D eigenvalue weighted by atomic mass is 16.3. The Labute approximate surface area is 96.7 Å². The monoisotopic (exact) mass is 227 g/mol. The number of ketones is 1. The number of rotatable bonds is 2. The maximum Gasteiger partial charge on any atom is 0.247 e. The molecule has 2 aromatic heterocycles. The normalized spacial score (nSPS) is 10.9. The van der Waals surface area contributed by atoms with Gasteiger partial charge in [0.1, 0.15) is 11.3 Å². The molecule has 2 heterocycles. The summed E-state index contributed by atoms with van der Waals surface area (Å²) in [6.07, 6.45) is 1.43. The average Bonchev–Trinajstić information content (AvgIpc) is 2.93. The number of aromatic nitrogens is 3. The maximum absolute atomic E-state index is 12.1. The van der Waals surface area contributed by atoms with E-state index >= 15 is 0 Å². The predicted molar refractivity (Wildman–Crippen MR) is 60.6 cm³/mol. The lowest BCUT2D eigenvalue weighted by molar-refractivity contribution is 0.100. The summed E-state index contributed by atoms with van der Waals surface area (Å²) in [6, 6.07) is 9.22. The molecule has 0 N–H and O–H groups in total. The zero-order valence-electron chi connectivity index (χ0n) is 9.12. The van der Waals surface area contributed by atoms with Gasteiger partial charge in [0.15, 0.2) is 5.76 Å². The van der Waals surface area contributed by atoms with E-state index < -0.39 is 0 Å². The molecule has 0 atom stereocenters. The number of hydrogen-bond donors (Lipinski definition) is 0. The molecular weight excluding hydrogens is 218 g/mol. The number of benzene rings is 1. The van der Waals surface area contributed by atoms with Crippen molar-refractivity contribution < 1.29 is 9.21 Å². The standard InChI is InChI=1S/C12H9N3O2/c1-15-9(7-13-14-15)12(16)11-6-8-4-2-3-5-10(8)17-11/h2-7H,1H3. The minimum atomic E-state index is -0.214. The fourth-order valence-corrected chi connectivity index (χ4v) is 1.72. The summed E-state index contributed by atoms with van der Waals surface area (Å²) in [4.78, 5) is 12.1. The van der Waals surface area contributed by atoms with Crippen LogP contribution in [0.15, 0.2) is 40.9 Å². The van der Waals surface area contributed by atoms with Crippen molar-refractivity contribution in [2.45, 2.75) is 0 Å². The van der Waals surface area contributed by atoms with Gasteiger partial charge >= 0.3 is 0 Å². The predicted octanol–water partition coefficient (Wildman–Crippen LogP) is 1.79. The van der Waals surface area contributed by atoms with Crippen molar-refractivity contribution in [3.8, 4) is 0 Å². The van der Waals surface area contributed by atoms with Crippen molar-refractivity contribution in [2.75, 3.05) is 0 Å². The van der Waals surface area contributed by atoms with E-state index in [4.69, 9.17) is 4.42 Å². The Bertz CT molecular complexity index is 663. The Morgan fingerprint density at radius 1 is 1.35 bits per heavy atom. The highest BCUT2D eigenvalue weighted by Gasteiger charge is 2.17. The fraction of sp³-hybridized carbons (Fsp3) is 0.0833. The van der Waals surface area contributed by atoms with E-state index in [1.54, 1.807) is 13.1 Å². The Kier molecular flexibility index (Phi) is 2.04. The lowest BCUT2D eigenvalue weighted by Gasteiger charge is -1.95. The van der Waals surface area contributed by atoms with Crippen LogP contribution in [0.1, 0.15) is 16.2 Å². The third-order valence-corrected chi connectivity index (χ3v) is 2.60. The molecule has 0 spiro atoms. The first-order chi connectivity index (χ1) is 8.25. The summed E-state index contributed by atoms with van der Waals surface area (Å²) < 4.78 is 6.92. The molecule has 84 valence electrons. The zero-order chi connectivity index (χ0) is 11.8. The highest BCUT2D eigenvalue weighted by Crippen LogP contribution is 2.20. The van der Waals surface area contributed by atoms with Crippen molar-refractivity contribution in [3.63, 3.8) is 0 Å². The number of furan rings is 1. The Hall–Kier alpha value is -2.43. The van der Waals surface area contributed by atoms with Crippen LogP contribution in [0.4, 0.5) is 0 Å². The number of para-hydroxylation sites is 1. The molecular formula is C12H9N3O2. The van der Waals surface area contributed by atoms with Gasteiger partial charge < -0.3 is 4.42 Å². The number of nitrogens with zero attached hydrogens (tertiary/aromatic N) is 3. The van der Waals surface area contributed by atoms with E-state index in [9.17, 15) is 4.79 Å². The van der Waals surface area contributed by atoms with Gasteiger partial charge in [-0.1, -0.05) is 23.4 Å². The third-order valence-electron chi connectivity index (χ3n) is 2.60. The molecule has 5 nitrogen and oxygen atoms in total. The first-order valence-electron chi connectivity index (χ1n) is 5.13. The summed E-state index contributed by atoms with van der Waals surface area (Å²) in [5, 5.41) is 8.30. The van der Waals surface area contributed by atoms with Crippen LogP contribution in [-0.4, -0.2) is 20.8 Å². The van der Waals surface area contributed by atoms with Gasteiger partial charge in [-0.15, -0.1) is 5.10 Å². The molecule has 0 aliphatic heterocycles. The summed E-state index contributed by atoms with van der Waals surface area (Å²) >= 11 is 0. The van der Waals surface area contributed by atoms with Gasteiger partial charge in [0.25, 0.3) is 0 Å². The molecule has 0 fully saturated rings. The largest absolute Gasteiger partial charge is 0.453 e. The van der Waals surface area contributed by atoms with E-state index in [-0.39, 0.29) is 5.78 Å². The smallest absolute Gasteiger partial charge is 0.247 e. The van der Waals surface area contributed by atoms with Crippen molar-refractivity contribution in [1.82, 2.24) is 15.0 Å². The molecule has 17 heavy (non-hydrogen) atoms. The number of aryl methyl sites for hydroxylation is 1. The van der Waals surface area contributed by atoms with Crippen molar-refractivity contribution in [3.05, 3.63) is 48.0 Å². The molecule has 1 aromatic carbocycles. The summed E-state index contributed by atoms with van der Waals surface area (Å²) in [6.45, 7) is 0. The highest BCUT2D eigenvalue weighted by molar-refractivity contribution is 6.07. The van der Waals surface area contributed by atoms with E-state index in [1.165, 1.54) is 10.9 Å². The van der Waals surface area contributed by atoms with Gasteiger partial charge in [-0.3, -0.25) is 4.79 Å². The zero-order valence-corrected chi connectivity index (χ0v) is 9.12. The fourth-order valence-electron chi connectivity index (χ4n) is 1.72. The number of hydrogen-bond acceptors (Lipinski definition) is 4. The van der Waals surface area contributed by atoms with Crippen LogP contribution in [0.2, 0.25) is 0 Å². The Morgan fingerprint density at radius 3 is 2.88 bits per heavy atom. The van der Waals surface area contributed by atoms with E-state index in [0.29, 0.717) is 17.0 Å². The molecule has 0 saturated heterocycles. The van der Waals surface area contributed by atoms with Gasteiger partial charge in [-0.2, -0.15) is 0 Å². The van der Waals surface area contributed by atoms with Crippen molar-refractivity contribution in [2.24, 2.45) is 7.05 Å². The molecule has 0 radical (unpaired) electrons. The van der Waals surface area contributed by atoms with Gasteiger partial charge in [0.2, 0.25) is 5.78 Å². The van der Waals surface area contributed by atoms with Gasteiger partial charge in [-0.05, 0) is 12.1 Å². The van der Waals surface area contributed by atoms with Gasteiger partial charge in [-0.25, -0.2) is 4.68 Å². The number of carbonyl (C=O) groups excluding carboxylic acids is 1. The Balaban J connectivity index is 2.10. The molecule has 0 amide bonds. The molecule has 0 unspecified atom stereocenters. The minimum Gasteiger partial charge on any atom is -0.453 e. The first-order valence-corrected chi connectivity index (χ1v) is 5.13. The van der Waals surface area contributed by atoms with Crippen LogP contribution >= 0.6 is 0 Å². The second-order valence-electron chi connectivity index (χ2n) is 3.72. The molecule has 0 bridgehead atoms. The van der Waals surface area contributed by atoms with E-state index in [2.05, 4.69) is 10.3 Å². The van der Waals surface area contributed by atoms with Crippen molar-refractivity contribution in [1.29, 1.82) is 0 Å². The van der Waals surface area contributed by atoms with Crippen LogP contribution in [0.5, 0.6) is 0 Å². The van der Waals surface area contributed by atoms with Crippen molar-refractivity contribution >= 4 is 16.8 Å². The van der Waals surface area contributed by atoms with Gasteiger partial charge in [0.05, 0.1) is 6.20 Å². The first kappa shape index (κ1) is 9.77. The molecule has 3 aromatic rings. The third kappa shape index (κ3) is 1.52.